The van der Waals surface area contributed by atoms with E-state index in [0.29, 0.717) is 17.6 Å². The molecule has 0 radical (unpaired) electrons. The minimum absolute atomic E-state index is 0.0281. The lowest BCUT2D eigenvalue weighted by atomic mass is 9.79. The van der Waals surface area contributed by atoms with Crippen LogP contribution >= 0.6 is 11.6 Å². The molecule has 6 rings (SSSR count). The average molecular weight is 349 g/mol. The highest BCUT2D eigenvalue weighted by Crippen LogP contribution is 2.65. The van der Waals surface area contributed by atoms with Crippen molar-refractivity contribution < 1.29 is 4.79 Å². The second-order valence-electron chi connectivity index (χ2n) is 8.41. The van der Waals surface area contributed by atoms with Crippen molar-refractivity contribution in [3.63, 3.8) is 0 Å². The number of Topliss-reactive ketones (excluding diaryl/α,β-unsaturated/α-hetero) is 1. The molecule has 2 aromatic rings. The van der Waals surface area contributed by atoms with Gasteiger partial charge in [-0.25, -0.2) is 0 Å². The minimum atomic E-state index is -0.264. The molecule has 126 valence electrons. The smallest absolute Gasteiger partial charge is 0.168 e. The van der Waals surface area contributed by atoms with Gasteiger partial charge in [0.1, 0.15) is 0 Å². The van der Waals surface area contributed by atoms with Crippen LogP contribution in [0.1, 0.15) is 58.6 Å². The third kappa shape index (κ3) is 1.68. The van der Waals surface area contributed by atoms with Gasteiger partial charge in [0.15, 0.2) is 5.78 Å². The number of hydrogen-bond acceptors (Lipinski definition) is 1. The van der Waals surface area contributed by atoms with Crippen LogP contribution in [0.3, 0.4) is 0 Å². The molecule has 0 unspecified atom stereocenters. The summed E-state index contributed by atoms with van der Waals surface area (Å²) < 4.78 is 0. The minimum Gasteiger partial charge on any atom is -0.294 e. The second kappa shape index (κ2) is 4.76. The highest BCUT2D eigenvalue weighted by atomic mass is 35.5. The summed E-state index contributed by atoms with van der Waals surface area (Å²) in [5, 5.41) is 0. The van der Waals surface area contributed by atoms with Crippen molar-refractivity contribution >= 4 is 17.4 Å². The van der Waals surface area contributed by atoms with Gasteiger partial charge in [-0.1, -0.05) is 42.8 Å². The number of carbonyl (C=O) groups is 1. The molecule has 4 atom stereocenters. The average Bonchev–Trinajstić information content (AvgIpc) is 3.22. The molecule has 0 heterocycles. The maximum atomic E-state index is 13.3. The van der Waals surface area contributed by atoms with Crippen molar-refractivity contribution in [3.8, 4) is 11.1 Å². The van der Waals surface area contributed by atoms with Gasteiger partial charge in [0.2, 0.25) is 0 Å². The number of benzene rings is 2. The molecule has 2 aromatic carbocycles. The zero-order valence-corrected chi connectivity index (χ0v) is 15.0. The molecule has 0 saturated heterocycles. The molecule has 0 spiro atoms. The summed E-state index contributed by atoms with van der Waals surface area (Å²) in [4.78, 5) is 13.0. The molecule has 25 heavy (non-hydrogen) atoms. The summed E-state index contributed by atoms with van der Waals surface area (Å²) in [6.45, 7) is 0. The first-order chi connectivity index (χ1) is 12.2. The zero-order valence-electron chi connectivity index (χ0n) is 14.2. The summed E-state index contributed by atoms with van der Waals surface area (Å²) in [6.07, 6.45) is 6.67. The Bertz CT molecular complexity index is 930. The molecule has 0 bridgehead atoms. The van der Waals surface area contributed by atoms with Crippen LogP contribution in [0.2, 0.25) is 0 Å². The number of fused-ring (bicyclic) bond motifs is 9. The van der Waals surface area contributed by atoms with Crippen LogP contribution < -0.4 is 0 Å². The fraction of sp³-hybridized carbons (Fsp3) is 0.435. The van der Waals surface area contributed by atoms with Gasteiger partial charge in [-0.2, -0.15) is 0 Å². The van der Waals surface area contributed by atoms with Crippen molar-refractivity contribution in [1.29, 1.82) is 0 Å². The van der Waals surface area contributed by atoms with Gasteiger partial charge in [-0.05, 0) is 71.8 Å². The molecule has 4 aliphatic carbocycles. The highest BCUT2D eigenvalue weighted by molar-refractivity contribution is 6.28. The third-order valence-corrected chi connectivity index (χ3v) is 8.21. The third-order valence-electron chi connectivity index (χ3n) is 7.48. The molecule has 0 N–H and O–H groups in total. The Morgan fingerprint density at radius 1 is 1.00 bits per heavy atom. The first-order valence-electron chi connectivity index (χ1n) is 9.65. The first kappa shape index (κ1) is 14.6. The number of alkyl halides is 1. The topological polar surface area (TPSA) is 17.1 Å². The molecule has 1 nitrogen and oxygen atoms in total. The Labute approximate surface area is 153 Å². The maximum absolute atomic E-state index is 13.3. The van der Waals surface area contributed by atoms with E-state index in [1.807, 2.05) is 0 Å². The molecule has 4 aliphatic rings. The van der Waals surface area contributed by atoms with Crippen LogP contribution in [-0.2, 0) is 12.8 Å². The van der Waals surface area contributed by atoms with E-state index in [-0.39, 0.29) is 10.8 Å². The van der Waals surface area contributed by atoms with Gasteiger partial charge in [0.05, 0.1) is 4.87 Å². The summed E-state index contributed by atoms with van der Waals surface area (Å²) in [5.41, 5.74) is 7.95. The van der Waals surface area contributed by atoms with Crippen LogP contribution in [0.5, 0.6) is 0 Å². The molecule has 2 fully saturated rings. The Balaban J connectivity index is 1.56. The summed E-state index contributed by atoms with van der Waals surface area (Å²) in [7, 11) is 0. The van der Waals surface area contributed by atoms with E-state index in [0.717, 1.165) is 31.2 Å². The molecular weight excluding hydrogens is 328 g/mol. The van der Waals surface area contributed by atoms with Gasteiger partial charge in [0.25, 0.3) is 0 Å². The van der Waals surface area contributed by atoms with E-state index in [2.05, 4.69) is 36.4 Å². The Morgan fingerprint density at radius 2 is 1.84 bits per heavy atom. The van der Waals surface area contributed by atoms with Gasteiger partial charge in [-0.3, -0.25) is 4.79 Å². The number of carbonyl (C=O) groups excluding carboxylic acids is 1. The van der Waals surface area contributed by atoms with Crippen molar-refractivity contribution in [2.45, 2.75) is 49.3 Å². The quantitative estimate of drug-likeness (QED) is 0.572. The molecule has 2 heteroatoms. The van der Waals surface area contributed by atoms with Crippen molar-refractivity contribution in [2.75, 3.05) is 0 Å². The SMILES string of the molecule is O=C1c2ccc3c(c2[C@@H]2C[C@@H]4CCC[C@]4(Cl)[C@H]12)CCc1ccccc1-3. The number of rotatable bonds is 0. The first-order valence-corrected chi connectivity index (χ1v) is 10.0. The summed E-state index contributed by atoms with van der Waals surface area (Å²) >= 11 is 7.10. The van der Waals surface area contributed by atoms with Gasteiger partial charge in [0, 0.05) is 11.5 Å². The van der Waals surface area contributed by atoms with E-state index in [1.165, 1.54) is 40.7 Å². The fourth-order valence-electron chi connectivity index (χ4n) is 6.50. The van der Waals surface area contributed by atoms with E-state index in [4.69, 9.17) is 11.6 Å². The van der Waals surface area contributed by atoms with Crippen LogP contribution in [0.4, 0.5) is 0 Å². The van der Waals surface area contributed by atoms with Crippen molar-refractivity contribution in [3.05, 3.63) is 58.7 Å². The fourth-order valence-corrected chi connectivity index (χ4v) is 7.08. The van der Waals surface area contributed by atoms with E-state index < -0.39 is 0 Å². The van der Waals surface area contributed by atoms with Crippen molar-refractivity contribution in [2.24, 2.45) is 11.8 Å². The number of ketones is 1. The molecule has 0 aromatic heterocycles. The number of halogens is 1. The monoisotopic (exact) mass is 348 g/mol. The second-order valence-corrected chi connectivity index (χ2v) is 9.11. The standard InChI is InChI=1S/C23H21ClO/c24-23-11-3-5-14(23)12-19-20-17-8-7-13-4-1-2-6-15(13)16(17)9-10-18(20)22(25)21(19)23/h1-2,4,6,9-10,14,19,21H,3,5,7-8,11-12H2/t14-,19-,21-,23+/m0/s1. The molecule has 0 amide bonds. The summed E-state index contributed by atoms with van der Waals surface area (Å²) in [6, 6.07) is 13.0. The lowest BCUT2D eigenvalue weighted by molar-refractivity contribution is 0.0908. The van der Waals surface area contributed by atoms with Crippen LogP contribution in [0.25, 0.3) is 11.1 Å². The summed E-state index contributed by atoms with van der Waals surface area (Å²) in [5.74, 6) is 1.26. The van der Waals surface area contributed by atoms with E-state index in [9.17, 15) is 4.79 Å². The Hall–Kier alpha value is -1.60. The molecule has 0 aliphatic heterocycles. The van der Waals surface area contributed by atoms with Gasteiger partial charge >= 0.3 is 0 Å². The predicted octanol–water partition coefficient (Wildman–Crippen LogP) is 5.53. The van der Waals surface area contributed by atoms with Crippen LogP contribution in [0, 0.1) is 11.8 Å². The van der Waals surface area contributed by atoms with Crippen molar-refractivity contribution in [1.82, 2.24) is 0 Å². The van der Waals surface area contributed by atoms with E-state index in [1.54, 1.807) is 0 Å². The number of aryl methyl sites for hydroxylation is 1. The molecular formula is C23H21ClO. The van der Waals surface area contributed by atoms with Crippen LogP contribution in [-0.4, -0.2) is 10.7 Å². The maximum Gasteiger partial charge on any atom is 0.168 e. The lowest BCUT2D eigenvalue weighted by Gasteiger charge is -2.27. The Kier molecular flexibility index (Phi) is 2.77. The zero-order chi connectivity index (χ0) is 16.8. The highest BCUT2D eigenvalue weighted by Gasteiger charge is 2.62. The van der Waals surface area contributed by atoms with E-state index >= 15 is 0 Å². The predicted molar refractivity (Wildman–Crippen MR) is 100 cm³/mol. The Morgan fingerprint density at radius 3 is 2.76 bits per heavy atom. The largest absolute Gasteiger partial charge is 0.294 e. The lowest BCUT2D eigenvalue weighted by Crippen LogP contribution is -2.33. The molecule has 2 saturated carbocycles. The van der Waals surface area contributed by atoms with Gasteiger partial charge < -0.3 is 0 Å². The van der Waals surface area contributed by atoms with Crippen LogP contribution in [0.15, 0.2) is 36.4 Å². The number of hydrogen-bond donors (Lipinski definition) is 0. The van der Waals surface area contributed by atoms with Gasteiger partial charge in [-0.15, -0.1) is 11.6 Å². The normalized spacial score (nSPS) is 34.3.